The quantitative estimate of drug-likeness (QED) is 0.272. The van der Waals surface area contributed by atoms with E-state index in [1.165, 1.54) is 17.0 Å². The summed E-state index contributed by atoms with van der Waals surface area (Å²) in [6, 6.07) is 19.1. The Kier molecular flexibility index (Phi) is 11.0. The molecule has 0 saturated heterocycles. The van der Waals surface area contributed by atoms with Crippen LogP contribution in [0.1, 0.15) is 38.3 Å². The molecule has 0 spiro atoms. The van der Waals surface area contributed by atoms with Crippen molar-refractivity contribution in [2.24, 2.45) is 5.92 Å². The summed E-state index contributed by atoms with van der Waals surface area (Å²) >= 11 is 12.3. The highest BCUT2D eigenvalue weighted by Gasteiger charge is 2.33. The molecule has 0 aliphatic rings. The summed E-state index contributed by atoms with van der Waals surface area (Å²) in [4.78, 5) is 28.8. The Balaban J connectivity index is 2.05. The maximum absolute atomic E-state index is 14.1. The average Bonchev–Trinajstić information content (AvgIpc) is 2.92. The van der Waals surface area contributed by atoms with Gasteiger partial charge < -0.3 is 10.2 Å². The largest absolute Gasteiger partial charge is 0.354 e. The van der Waals surface area contributed by atoms with Gasteiger partial charge in [-0.25, -0.2) is 8.42 Å². The molecule has 0 unspecified atom stereocenters. The maximum Gasteiger partial charge on any atom is 0.264 e. The lowest BCUT2D eigenvalue weighted by atomic mass is 10.1. The van der Waals surface area contributed by atoms with E-state index in [-0.39, 0.29) is 23.3 Å². The standard InChI is InChI=1S/C30H35Cl2N3O4S/c1-5-28(30(37)33-18-21(2)3)34(19-23-14-15-26(31)27(32)17-23)29(36)20-35(24-11-9-10-22(4)16-24)40(38,39)25-12-7-6-8-13-25/h6-17,21,28H,5,18-20H2,1-4H3,(H,33,37)/t28-/m0/s1. The van der Waals surface area contributed by atoms with Crippen LogP contribution in [0, 0.1) is 12.8 Å². The van der Waals surface area contributed by atoms with Crippen LogP contribution in [0.5, 0.6) is 0 Å². The molecule has 0 saturated carbocycles. The summed E-state index contributed by atoms with van der Waals surface area (Å²) in [5.41, 5.74) is 1.85. The molecular formula is C30H35Cl2N3O4S. The molecule has 2 amide bonds. The lowest BCUT2D eigenvalue weighted by Crippen LogP contribution is -2.52. The first kappa shape index (κ1) is 31.5. The number of hydrogen-bond acceptors (Lipinski definition) is 4. The number of carbonyl (C=O) groups excluding carboxylic acids is 2. The molecule has 3 aromatic rings. The second kappa shape index (κ2) is 14.0. The van der Waals surface area contributed by atoms with Crippen LogP contribution in [0.2, 0.25) is 10.0 Å². The highest BCUT2D eigenvalue weighted by atomic mass is 35.5. The first-order valence-electron chi connectivity index (χ1n) is 13.1. The van der Waals surface area contributed by atoms with Gasteiger partial charge in [-0.05, 0) is 66.8 Å². The number of sulfonamides is 1. The molecule has 40 heavy (non-hydrogen) atoms. The predicted molar refractivity (Wildman–Crippen MR) is 161 cm³/mol. The number of aryl methyl sites for hydroxylation is 1. The molecule has 0 aliphatic carbocycles. The van der Waals surface area contributed by atoms with E-state index < -0.39 is 28.5 Å². The summed E-state index contributed by atoms with van der Waals surface area (Å²) < 4.78 is 28.8. The van der Waals surface area contributed by atoms with Crippen LogP contribution in [0.4, 0.5) is 5.69 Å². The minimum absolute atomic E-state index is 0.0381. The molecule has 1 N–H and O–H groups in total. The van der Waals surface area contributed by atoms with Crippen molar-refractivity contribution in [2.75, 3.05) is 17.4 Å². The van der Waals surface area contributed by atoms with Gasteiger partial charge in [-0.3, -0.25) is 13.9 Å². The first-order valence-corrected chi connectivity index (χ1v) is 15.3. The van der Waals surface area contributed by atoms with E-state index in [0.717, 1.165) is 9.87 Å². The Hall–Kier alpha value is -3.07. The van der Waals surface area contributed by atoms with Crippen LogP contribution in [-0.4, -0.2) is 44.3 Å². The van der Waals surface area contributed by atoms with Crippen molar-refractivity contribution in [3.05, 3.63) is 94.0 Å². The van der Waals surface area contributed by atoms with E-state index in [1.54, 1.807) is 54.6 Å². The van der Waals surface area contributed by atoms with Crippen molar-refractivity contribution in [2.45, 2.75) is 51.6 Å². The van der Waals surface area contributed by atoms with Crippen molar-refractivity contribution in [1.82, 2.24) is 10.2 Å². The fourth-order valence-electron chi connectivity index (χ4n) is 4.21. The minimum atomic E-state index is -4.11. The van der Waals surface area contributed by atoms with Crippen molar-refractivity contribution < 1.29 is 18.0 Å². The second-order valence-electron chi connectivity index (χ2n) is 10.00. The monoisotopic (exact) mass is 603 g/mol. The van der Waals surface area contributed by atoms with Crippen LogP contribution in [0.25, 0.3) is 0 Å². The number of benzene rings is 3. The SMILES string of the molecule is CC[C@@H](C(=O)NCC(C)C)N(Cc1ccc(Cl)c(Cl)c1)C(=O)CN(c1cccc(C)c1)S(=O)(=O)c1ccccc1. The summed E-state index contributed by atoms with van der Waals surface area (Å²) in [7, 11) is -4.11. The molecule has 7 nitrogen and oxygen atoms in total. The summed E-state index contributed by atoms with van der Waals surface area (Å²) in [6.07, 6.45) is 0.326. The Morgan fingerprint density at radius 2 is 1.62 bits per heavy atom. The van der Waals surface area contributed by atoms with E-state index >= 15 is 0 Å². The number of carbonyl (C=O) groups is 2. The smallest absolute Gasteiger partial charge is 0.264 e. The van der Waals surface area contributed by atoms with Gasteiger partial charge in [0.05, 0.1) is 20.6 Å². The van der Waals surface area contributed by atoms with Crippen LogP contribution >= 0.6 is 23.2 Å². The normalized spacial score (nSPS) is 12.2. The molecule has 1 atom stereocenters. The second-order valence-corrected chi connectivity index (χ2v) is 12.7. The van der Waals surface area contributed by atoms with Gasteiger partial charge in [-0.1, -0.05) is 80.4 Å². The number of halogens is 2. The van der Waals surface area contributed by atoms with Crippen LogP contribution in [-0.2, 0) is 26.2 Å². The number of nitrogens with one attached hydrogen (secondary N) is 1. The fourth-order valence-corrected chi connectivity index (χ4v) is 5.96. The first-order chi connectivity index (χ1) is 18.9. The van der Waals surface area contributed by atoms with Crippen molar-refractivity contribution in [3.8, 4) is 0 Å². The van der Waals surface area contributed by atoms with E-state index in [9.17, 15) is 18.0 Å². The van der Waals surface area contributed by atoms with Gasteiger partial charge in [0.15, 0.2) is 0 Å². The maximum atomic E-state index is 14.1. The van der Waals surface area contributed by atoms with Crippen LogP contribution in [0.3, 0.4) is 0 Å². The zero-order chi connectivity index (χ0) is 29.4. The van der Waals surface area contributed by atoms with E-state index in [4.69, 9.17) is 23.2 Å². The Bertz CT molecular complexity index is 1430. The summed E-state index contributed by atoms with van der Waals surface area (Å²) in [5.74, 6) is -0.621. The molecule has 0 fully saturated rings. The van der Waals surface area contributed by atoms with Gasteiger partial charge >= 0.3 is 0 Å². The summed E-state index contributed by atoms with van der Waals surface area (Å²) in [6.45, 7) is 7.60. The fraction of sp³-hybridized carbons (Fsp3) is 0.333. The lowest BCUT2D eigenvalue weighted by Gasteiger charge is -2.33. The molecule has 3 aromatic carbocycles. The Morgan fingerprint density at radius 3 is 2.23 bits per heavy atom. The molecule has 0 aliphatic heterocycles. The highest BCUT2D eigenvalue weighted by molar-refractivity contribution is 7.92. The van der Waals surface area contributed by atoms with Gasteiger partial charge in [0.2, 0.25) is 11.8 Å². The van der Waals surface area contributed by atoms with Crippen LogP contribution < -0.4 is 9.62 Å². The average molecular weight is 605 g/mol. The number of rotatable bonds is 12. The van der Waals surface area contributed by atoms with Crippen molar-refractivity contribution in [1.29, 1.82) is 0 Å². The summed E-state index contributed by atoms with van der Waals surface area (Å²) in [5, 5.41) is 3.59. The van der Waals surface area contributed by atoms with Crippen molar-refractivity contribution >= 4 is 50.7 Å². The molecule has 214 valence electrons. The zero-order valence-corrected chi connectivity index (χ0v) is 25.4. The predicted octanol–water partition coefficient (Wildman–Crippen LogP) is 6.08. The third-order valence-electron chi connectivity index (χ3n) is 6.31. The van der Waals surface area contributed by atoms with Gasteiger partial charge in [0.1, 0.15) is 12.6 Å². The number of hydrogen-bond donors (Lipinski definition) is 1. The van der Waals surface area contributed by atoms with Gasteiger partial charge in [-0.15, -0.1) is 0 Å². The Labute approximate surface area is 247 Å². The highest BCUT2D eigenvalue weighted by Crippen LogP contribution is 2.27. The number of amides is 2. The molecule has 3 rings (SSSR count). The molecule has 10 heteroatoms. The van der Waals surface area contributed by atoms with Gasteiger partial charge in [-0.2, -0.15) is 0 Å². The van der Waals surface area contributed by atoms with E-state index in [0.29, 0.717) is 34.3 Å². The number of anilines is 1. The number of nitrogens with zero attached hydrogens (tertiary/aromatic N) is 2. The third-order valence-corrected chi connectivity index (χ3v) is 8.83. The zero-order valence-electron chi connectivity index (χ0n) is 23.1. The van der Waals surface area contributed by atoms with E-state index in [1.807, 2.05) is 33.8 Å². The molecule has 0 heterocycles. The van der Waals surface area contributed by atoms with Crippen LogP contribution in [0.15, 0.2) is 77.7 Å². The Morgan fingerprint density at radius 1 is 0.925 bits per heavy atom. The lowest BCUT2D eigenvalue weighted by molar-refractivity contribution is -0.140. The molecule has 0 radical (unpaired) electrons. The van der Waals surface area contributed by atoms with Gasteiger partial charge in [0.25, 0.3) is 10.0 Å². The van der Waals surface area contributed by atoms with E-state index in [2.05, 4.69) is 5.32 Å². The molecule has 0 aromatic heterocycles. The topological polar surface area (TPSA) is 86.8 Å². The molecular weight excluding hydrogens is 569 g/mol. The minimum Gasteiger partial charge on any atom is -0.354 e. The third kappa shape index (κ3) is 7.99. The molecule has 0 bridgehead atoms. The van der Waals surface area contributed by atoms with Crippen molar-refractivity contribution in [3.63, 3.8) is 0 Å². The van der Waals surface area contributed by atoms with Gasteiger partial charge in [0, 0.05) is 13.1 Å².